The van der Waals surface area contributed by atoms with Crippen molar-refractivity contribution in [2.75, 3.05) is 0 Å². The number of ether oxygens (including phenoxy) is 1. The molecule has 2 aromatic rings. The number of hydrogen-bond acceptors (Lipinski definition) is 6. The Kier molecular flexibility index (Phi) is 10.3. The van der Waals surface area contributed by atoms with E-state index in [1.807, 2.05) is 6.92 Å². The number of amidine groups is 1. The Balaban J connectivity index is 0.00000110. The topological polar surface area (TPSA) is 140 Å². The first-order valence-electron chi connectivity index (χ1n) is 9.47. The van der Waals surface area contributed by atoms with Crippen molar-refractivity contribution in [3.8, 4) is 11.5 Å². The standard InChI is InChI=1S/C19H23ClN2O4S.C2H4O2/c1-3-4-8-17(19(21)22)25-14-10-13(2)11-15(12-14)26-27(23,24)18-9-6-5-7-16(18)20;1-2(3)4/h5-7,9-12,17H,3-4,8H2,1-2H3,(H3,21,22);1H3,(H,3,4)/t17-;/m0./s1. The lowest BCUT2D eigenvalue weighted by Gasteiger charge is -2.18. The van der Waals surface area contributed by atoms with Gasteiger partial charge in [0.2, 0.25) is 0 Å². The number of carboxylic acids is 1. The lowest BCUT2D eigenvalue weighted by molar-refractivity contribution is -0.134. The maximum atomic E-state index is 12.5. The van der Waals surface area contributed by atoms with Crippen LogP contribution in [0.4, 0.5) is 0 Å². The van der Waals surface area contributed by atoms with Crippen molar-refractivity contribution in [2.45, 2.75) is 51.0 Å². The predicted molar refractivity (Wildman–Crippen MR) is 120 cm³/mol. The highest BCUT2D eigenvalue weighted by Gasteiger charge is 2.21. The molecule has 0 radical (unpaired) electrons. The van der Waals surface area contributed by atoms with Crippen molar-refractivity contribution in [1.82, 2.24) is 0 Å². The zero-order valence-electron chi connectivity index (χ0n) is 17.6. The van der Waals surface area contributed by atoms with Crippen LogP contribution >= 0.6 is 11.6 Å². The number of rotatable bonds is 9. The first-order chi connectivity index (χ1) is 14.5. The van der Waals surface area contributed by atoms with Crippen LogP contribution < -0.4 is 14.7 Å². The summed E-state index contributed by atoms with van der Waals surface area (Å²) >= 11 is 5.97. The Morgan fingerprint density at radius 3 is 2.35 bits per heavy atom. The third-order valence-corrected chi connectivity index (χ3v) is 5.53. The SMILES string of the molecule is CC(=O)O.CCCC[C@H](Oc1cc(C)cc(OS(=O)(=O)c2ccccc2Cl)c1)C(=N)N. The van der Waals surface area contributed by atoms with Crippen LogP contribution in [-0.4, -0.2) is 31.4 Å². The Labute approximate surface area is 187 Å². The molecule has 170 valence electrons. The molecule has 0 saturated carbocycles. The second-order valence-electron chi connectivity index (χ2n) is 6.67. The number of nitrogens with two attached hydrogens (primary N) is 1. The van der Waals surface area contributed by atoms with Crippen LogP contribution in [0.1, 0.15) is 38.7 Å². The summed E-state index contributed by atoms with van der Waals surface area (Å²) in [6.45, 7) is 4.91. The normalized spacial score (nSPS) is 11.6. The molecular weight excluding hydrogens is 444 g/mol. The van der Waals surface area contributed by atoms with Crippen LogP contribution in [0.15, 0.2) is 47.4 Å². The van der Waals surface area contributed by atoms with Gasteiger partial charge in [-0.25, -0.2) is 0 Å². The number of carboxylic acid groups (broad SMARTS) is 1. The number of aryl methyl sites for hydroxylation is 1. The average molecular weight is 471 g/mol. The minimum Gasteiger partial charge on any atom is -0.482 e. The third-order valence-electron chi connectivity index (χ3n) is 3.78. The van der Waals surface area contributed by atoms with E-state index in [9.17, 15) is 8.42 Å². The molecule has 31 heavy (non-hydrogen) atoms. The van der Waals surface area contributed by atoms with Gasteiger partial charge < -0.3 is 19.8 Å². The smallest absolute Gasteiger partial charge is 0.340 e. The summed E-state index contributed by atoms with van der Waals surface area (Å²) in [5, 5.41) is 15.2. The lowest BCUT2D eigenvalue weighted by Crippen LogP contribution is -2.33. The summed E-state index contributed by atoms with van der Waals surface area (Å²) < 4.78 is 36.1. The number of hydrogen-bond donors (Lipinski definition) is 3. The predicted octanol–water partition coefficient (Wildman–Crippen LogP) is 4.38. The van der Waals surface area contributed by atoms with E-state index in [-0.39, 0.29) is 21.5 Å². The van der Waals surface area contributed by atoms with Gasteiger partial charge >= 0.3 is 10.1 Å². The summed E-state index contributed by atoms with van der Waals surface area (Å²) in [7, 11) is -4.09. The largest absolute Gasteiger partial charge is 0.482 e. The number of aliphatic carboxylic acids is 1. The van der Waals surface area contributed by atoms with E-state index < -0.39 is 22.2 Å². The second kappa shape index (κ2) is 12.2. The number of halogens is 1. The van der Waals surface area contributed by atoms with Crippen molar-refractivity contribution in [2.24, 2.45) is 5.73 Å². The molecule has 0 aromatic heterocycles. The van der Waals surface area contributed by atoms with Gasteiger partial charge in [-0.1, -0.05) is 37.1 Å². The third kappa shape index (κ3) is 9.27. The van der Waals surface area contributed by atoms with Crippen LogP contribution in [0.3, 0.4) is 0 Å². The van der Waals surface area contributed by atoms with Crippen molar-refractivity contribution < 1.29 is 27.2 Å². The zero-order chi connectivity index (χ0) is 23.6. The molecule has 0 unspecified atom stereocenters. The minimum absolute atomic E-state index is 0.0730. The molecule has 0 fully saturated rings. The highest BCUT2D eigenvalue weighted by molar-refractivity contribution is 7.87. The molecule has 2 aromatic carbocycles. The zero-order valence-corrected chi connectivity index (χ0v) is 19.2. The summed E-state index contributed by atoms with van der Waals surface area (Å²) in [6.07, 6.45) is 1.85. The van der Waals surface area contributed by atoms with Crippen molar-refractivity contribution in [3.63, 3.8) is 0 Å². The summed E-state index contributed by atoms with van der Waals surface area (Å²) in [5.41, 5.74) is 6.36. The van der Waals surface area contributed by atoms with Crippen LogP contribution in [0.25, 0.3) is 0 Å². The lowest BCUT2D eigenvalue weighted by atomic mass is 10.1. The van der Waals surface area contributed by atoms with Crippen LogP contribution in [0, 0.1) is 12.3 Å². The van der Waals surface area contributed by atoms with Crippen LogP contribution in [0.2, 0.25) is 5.02 Å². The van der Waals surface area contributed by atoms with E-state index in [4.69, 9.17) is 41.6 Å². The fourth-order valence-corrected chi connectivity index (χ4v) is 3.89. The van der Waals surface area contributed by atoms with Gasteiger partial charge in [0.1, 0.15) is 22.2 Å². The monoisotopic (exact) mass is 470 g/mol. The molecule has 2 rings (SSSR count). The molecule has 0 saturated heterocycles. The van der Waals surface area contributed by atoms with E-state index in [0.29, 0.717) is 12.2 Å². The minimum atomic E-state index is -4.09. The average Bonchev–Trinajstić information content (AvgIpc) is 2.63. The van der Waals surface area contributed by atoms with Crippen molar-refractivity contribution >= 4 is 33.5 Å². The van der Waals surface area contributed by atoms with Gasteiger partial charge in [0, 0.05) is 13.0 Å². The molecule has 10 heteroatoms. The van der Waals surface area contributed by atoms with Gasteiger partial charge in [0.15, 0.2) is 6.10 Å². The molecule has 4 N–H and O–H groups in total. The second-order valence-corrected chi connectivity index (χ2v) is 8.59. The van der Waals surface area contributed by atoms with Gasteiger partial charge in [-0.15, -0.1) is 0 Å². The molecular formula is C21H27ClN2O6S. The van der Waals surface area contributed by atoms with Gasteiger partial charge in [-0.3, -0.25) is 10.2 Å². The molecule has 0 bridgehead atoms. The Morgan fingerprint density at radius 1 is 1.23 bits per heavy atom. The summed E-state index contributed by atoms with van der Waals surface area (Å²) in [5.74, 6) is -0.422. The van der Waals surface area contributed by atoms with E-state index in [1.54, 1.807) is 31.2 Å². The molecule has 1 atom stereocenters. The first-order valence-corrected chi connectivity index (χ1v) is 11.3. The quantitative estimate of drug-likeness (QED) is 0.280. The van der Waals surface area contributed by atoms with E-state index >= 15 is 0 Å². The number of benzene rings is 2. The van der Waals surface area contributed by atoms with Gasteiger partial charge in [-0.2, -0.15) is 8.42 Å². The fourth-order valence-electron chi connectivity index (χ4n) is 2.48. The Hall–Kier alpha value is -2.78. The Bertz CT molecular complexity index is 1010. The number of unbranched alkanes of at least 4 members (excludes halogenated alkanes) is 1. The highest BCUT2D eigenvalue weighted by Crippen LogP contribution is 2.29. The Morgan fingerprint density at radius 2 is 1.81 bits per heavy atom. The number of carbonyl (C=O) groups is 1. The fraction of sp³-hybridized carbons (Fsp3) is 0.333. The van der Waals surface area contributed by atoms with E-state index in [0.717, 1.165) is 25.3 Å². The molecule has 0 aliphatic heterocycles. The van der Waals surface area contributed by atoms with E-state index in [2.05, 4.69) is 0 Å². The number of nitrogens with one attached hydrogen (secondary N) is 1. The molecule has 8 nitrogen and oxygen atoms in total. The van der Waals surface area contributed by atoms with Crippen LogP contribution in [-0.2, 0) is 14.9 Å². The van der Waals surface area contributed by atoms with Gasteiger partial charge in [0.05, 0.1) is 5.02 Å². The van der Waals surface area contributed by atoms with Crippen molar-refractivity contribution in [1.29, 1.82) is 5.41 Å². The first kappa shape index (κ1) is 26.3. The van der Waals surface area contributed by atoms with E-state index in [1.165, 1.54) is 18.2 Å². The van der Waals surface area contributed by atoms with Crippen LogP contribution in [0.5, 0.6) is 11.5 Å². The van der Waals surface area contributed by atoms with Gasteiger partial charge in [-0.05, 0) is 49.6 Å². The maximum Gasteiger partial charge on any atom is 0.340 e. The van der Waals surface area contributed by atoms with Gasteiger partial charge in [0.25, 0.3) is 5.97 Å². The molecule has 0 amide bonds. The molecule has 0 heterocycles. The summed E-state index contributed by atoms with van der Waals surface area (Å²) in [6, 6.07) is 10.8. The summed E-state index contributed by atoms with van der Waals surface area (Å²) in [4.78, 5) is 8.89. The van der Waals surface area contributed by atoms with Crippen molar-refractivity contribution in [3.05, 3.63) is 53.1 Å². The molecule has 0 spiro atoms. The highest BCUT2D eigenvalue weighted by atomic mass is 35.5. The molecule has 0 aliphatic rings. The molecule has 0 aliphatic carbocycles. The maximum absolute atomic E-state index is 12.5.